The summed E-state index contributed by atoms with van der Waals surface area (Å²) < 4.78 is 11.5. The van der Waals surface area contributed by atoms with Gasteiger partial charge in [0, 0.05) is 17.1 Å². The van der Waals surface area contributed by atoms with E-state index in [0.29, 0.717) is 41.0 Å². The summed E-state index contributed by atoms with van der Waals surface area (Å²) in [7, 11) is 0. The molecule has 1 amide bonds. The number of Topliss-reactive ketones (excluding diaryl/α,β-unsaturated/α-hetero) is 1. The van der Waals surface area contributed by atoms with Gasteiger partial charge in [-0.2, -0.15) is 0 Å². The standard InChI is InChI=1S/C26H24N2O5S/c1-4-13-33-19-11-10-18(15-20(19)32-5-2)22-21(23(29)17-8-6-16(3)7-9-17)24(30)25(31)28(22)26-27-12-14-34-26/h4,6-12,14-15,22,29H,1,5,13H2,2-3H3/b23-21+. The monoisotopic (exact) mass is 476 g/mol. The highest BCUT2D eigenvalue weighted by atomic mass is 32.1. The second-order valence-corrected chi connectivity index (χ2v) is 8.46. The van der Waals surface area contributed by atoms with Crippen molar-refractivity contribution >= 4 is 33.9 Å². The van der Waals surface area contributed by atoms with Gasteiger partial charge in [-0.05, 0) is 31.5 Å². The van der Waals surface area contributed by atoms with Crippen LogP contribution in [-0.4, -0.2) is 35.0 Å². The molecule has 34 heavy (non-hydrogen) atoms. The van der Waals surface area contributed by atoms with Gasteiger partial charge in [0.15, 0.2) is 16.6 Å². The smallest absolute Gasteiger partial charge is 0.301 e. The molecule has 1 unspecified atom stereocenters. The Bertz CT molecular complexity index is 1250. The zero-order valence-electron chi connectivity index (χ0n) is 18.9. The fraction of sp³-hybridized carbons (Fsp3) is 0.192. The number of anilines is 1. The van der Waals surface area contributed by atoms with Crippen LogP contribution in [0.2, 0.25) is 0 Å². The van der Waals surface area contributed by atoms with Gasteiger partial charge in [-0.3, -0.25) is 14.5 Å². The van der Waals surface area contributed by atoms with Crippen LogP contribution in [0.1, 0.15) is 29.7 Å². The van der Waals surface area contributed by atoms with Crippen LogP contribution in [0.15, 0.2) is 72.3 Å². The molecule has 1 aromatic heterocycles. The van der Waals surface area contributed by atoms with Crippen molar-refractivity contribution in [2.24, 2.45) is 0 Å². The zero-order valence-corrected chi connectivity index (χ0v) is 19.7. The molecule has 4 rings (SSSR count). The summed E-state index contributed by atoms with van der Waals surface area (Å²) in [6.07, 6.45) is 3.19. The number of aromatic nitrogens is 1. The minimum absolute atomic E-state index is 0.00809. The first-order valence-corrected chi connectivity index (χ1v) is 11.6. The second-order valence-electron chi connectivity index (χ2n) is 7.59. The molecule has 1 aliphatic rings. The normalized spacial score (nSPS) is 17.1. The average molecular weight is 477 g/mol. The molecule has 2 heterocycles. The summed E-state index contributed by atoms with van der Waals surface area (Å²) in [5.41, 5.74) is 2.03. The molecule has 1 aliphatic heterocycles. The van der Waals surface area contributed by atoms with Gasteiger partial charge in [0.1, 0.15) is 12.4 Å². The van der Waals surface area contributed by atoms with E-state index in [2.05, 4.69) is 11.6 Å². The lowest BCUT2D eigenvalue weighted by molar-refractivity contribution is -0.132. The fourth-order valence-electron chi connectivity index (χ4n) is 3.78. The van der Waals surface area contributed by atoms with Gasteiger partial charge in [0.25, 0.3) is 5.78 Å². The van der Waals surface area contributed by atoms with E-state index >= 15 is 0 Å². The van der Waals surface area contributed by atoms with Gasteiger partial charge in [-0.1, -0.05) is 48.6 Å². The number of aryl methyl sites for hydroxylation is 1. The molecule has 0 spiro atoms. The number of nitrogens with zero attached hydrogens (tertiary/aromatic N) is 2. The molecule has 0 aliphatic carbocycles. The Hall–Kier alpha value is -3.91. The van der Waals surface area contributed by atoms with E-state index in [1.165, 1.54) is 16.2 Å². The van der Waals surface area contributed by atoms with Crippen molar-refractivity contribution in [1.29, 1.82) is 0 Å². The van der Waals surface area contributed by atoms with Crippen LogP contribution in [0.3, 0.4) is 0 Å². The SMILES string of the molecule is C=CCOc1ccc(C2/C(=C(\O)c3ccc(C)cc3)C(=O)C(=O)N2c2nccs2)cc1OCC. The minimum Gasteiger partial charge on any atom is -0.507 e. The molecule has 7 nitrogen and oxygen atoms in total. The van der Waals surface area contributed by atoms with E-state index in [9.17, 15) is 14.7 Å². The van der Waals surface area contributed by atoms with Gasteiger partial charge in [0.2, 0.25) is 0 Å². The number of aliphatic hydroxyl groups is 1. The summed E-state index contributed by atoms with van der Waals surface area (Å²) in [4.78, 5) is 31.9. The number of aliphatic hydroxyl groups excluding tert-OH is 1. The number of rotatable bonds is 8. The molecule has 2 aromatic carbocycles. The second kappa shape index (κ2) is 9.93. The third kappa shape index (κ3) is 4.32. The van der Waals surface area contributed by atoms with Crippen molar-refractivity contribution in [2.45, 2.75) is 19.9 Å². The van der Waals surface area contributed by atoms with Crippen molar-refractivity contribution in [1.82, 2.24) is 4.98 Å². The van der Waals surface area contributed by atoms with E-state index in [0.717, 1.165) is 5.56 Å². The van der Waals surface area contributed by atoms with Crippen LogP contribution in [0.4, 0.5) is 5.13 Å². The molecule has 1 N–H and O–H groups in total. The predicted molar refractivity (Wildman–Crippen MR) is 131 cm³/mol. The van der Waals surface area contributed by atoms with E-state index < -0.39 is 17.7 Å². The number of ether oxygens (including phenoxy) is 2. The van der Waals surface area contributed by atoms with Gasteiger partial charge >= 0.3 is 5.91 Å². The topological polar surface area (TPSA) is 89.0 Å². The lowest BCUT2D eigenvalue weighted by Gasteiger charge is -2.24. The molecular weight excluding hydrogens is 452 g/mol. The summed E-state index contributed by atoms with van der Waals surface area (Å²) in [5.74, 6) is -0.800. The van der Waals surface area contributed by atoms with Crippen LogP contribution in [0.25, 0.3) is 5.76 Å². The van der Waals surface area contributed by atoms with Crippen LogP contribution in [0.5, 0.6) is 11.5 Å². The molecule has 0 radical (unpaired) electrons. The van der Waals surface area contributed by atoms with Crippen LogP contribution >= 0.6 is 11.3 Å². The summed E-state index contributed by atoms with van der Waals surface area (Å²) in [5, 5.41) is 13.3. The summed E-state index contributed by atoms with van der Waals surface area (Å²) in [6.45, 7) is 8.13. The van der Waals surface area contributed by atoms with Gasteiger partial charge in [-0.25, -0.2) is 4.98 Å². The lowest BCUT2D eigenvalue weighted by atomic mass is 9.95. The number of hydrogen-bond donors (Lipinski definition) is 1. The molecule has 8 heteroatoms. The molecule has 1 fully saturated rings. The van der Waals surface area contributed by atoms with Crippen LogP contribution < -0.4 is 14.4 Å². The van der Waals surface area contributed by atoms with E-state index in [-0.39, 0.29) is 11.3 Å². The molecule has 0 saturated carbocycles. The highest BCUT2D eigenvalue weighted by molar-refractivity contribution is 7.14. The third-order valence-corrected chi connectivity index (χ3v) is 6.11. The molecule has 0 bridgehead atoms. The summed E-state index contributed by atoms with van der Waals surface area (Å²) >= 11 is 1.24. The quantitative estimate of drug-likeness (QED) is 0.212. The van der Waals surface area contributed by atoms with Crippen molar-refractivity contribution in [3.8, 4) is 11.5 Å². The van der Waals surface area contributed by atoms with Gasteiger partial charge in [0.05, 0.1) is 18.2 Å². The Labute approximate surface area is 201 Å². The number of carbonyl (C=O) groups excluding carboxylic acids is 2. The molecule has 3 aromatic rings. The van der Waals surface area contributed by atoms with E-state index in [1.54, 1.807) is 48.0 Å². The first-order valence-electron chi connectivity index (χ1n) is 10.7. The fourth-order valence-corrected chi connectivity index (χ4v) is 4.45. The maximum Gasteiger partial charge on any atom is 0.301 e. The maximum atomic E-state index is 13.2. The average Bonchev–Trinajstić information content (AvgIpc) is 3.45. The number of benzene rings is 2. The summed E-state index contributed by atoms with van der Waals surface area (Å²) in [6, 6.07) is 11.4. The highest BCUT2D eigenvalue weighted by Crippen LogP contribution is 2.44. The molecule has 174 valence electrons. The largest absolute Gasteiger partial charge is 0.507 e. The van der Waals surface area contributed by atoms with Crippen molar-refractivity contribution in [3.05, 3.63) is 89.0 Å². The first-order chi connectivity index (χ1) is 16.5. The molecular formula is C26H24N2O5S. The Kier molecular flexibility index (Phi) is 6.79. The Morgan fingerprint density at radius 3 is 2.59 bits per heavy atom. The van der Waals surface area contributed by atoms with E-state index in [1.807, 2.05) is 26.0 Å². The maximum absolute atomic E-state index is 13.2. The van der Waals surface area contributed by atoms with Crippen LogP contribution in [-0.2, 0) is 9.59 Å². The lowest BCUT2D eigenvalue weighted by Crippen LogP contribution is -2.29. The number of hydrogen-bond acceptors (Lipinski definition) is 7. The predicted octanol–water partition coefficient (Wildman–Crippen LogP) is 5.04. The van der Waals surface area contributed by atoms with Crippen molar-refractivity contribution in [3.63, 3.8) is 0 Å². The van der Waals surface area contributed by atoms with Crippen LogP contribution in [0, 0.1) is 6.92 Å². The highest BCUT2D eigenvalue weighted by Gasteiger charge is 2.48. The van der Waals surface area contributed by atoms with E-state index in [4.69, 9.17) is 9.47 Å². The Morgan fingerprint density at radius 1 is 1.18 bits per heavy atom. The van der Waals surface area contributed by atoms with Crippen molar-refractivity contribution < 1.29 is 24.2 Å². The Balaban J connectivity index is 1.90. The number of ketones is 1. The van der Waals surface area contributed by atoms with Gasteiger partial charge < -0.3 is 14.6 Å². The minimum atomic E-state index is -0.889. The number of carbonyl (C=O) groups is 2. The van der Waals surface area contributed by atoms with Crippen molar-refractivity contribution in [2.75, 3.05) is 18.1 Å². The van der Waals surface area contributed by atoms with Gasteiger partial charge in [-0.15, -0.1) is 11.3 Å². The molecule has 1 atom stereocenters. The first kappa shape index (κ1) is 23.3. The molecule has 1 saturated heterocycles. The zero-order chi connectivity index (χ0) is 24.2. The third-order valence-electron chi connectivity index (χ3n) is 5.33. The Morgan fingerprint density at radius 2 is 1.94 bits per heavy atom. The number of amides is 1. The number of thiazole rings is 1.